The second kappa shape index (κ2) is 20.0. The predicted molar refractivity (Wildman–Crippen MR) is 217 cm³/mol. The van der Waals surface area contributed by atoms with E-state index in [1.54, 1.807) is 31.9 Å². The highest BCUT2D eigenvalue weighted by atomic mass is 31.2. The third-order valence-electron chi connectivity index (χ3n) is 9.35. The summed E-state index contributed by atoms with van der Waals surface area (Å²) in [6.07, 6.45) is 3.15. The summed E-state index contributed by atoms with van der Waals surface area (Å²) in [5, 5.41) is 9.29. The molecule has 0 bridgehead atoms. The molecule has 0 saturated carbocycles. The largest absolute Gasteiger partial charge is 0.497 e. The summed E-state index contributed by atoms with van der Waals surface area (Å²) >= 11 is 0. The normalized spacial score (nSPS) is 13.5. The van der Waals surface area contributed by atoms with Crippen LogP contribution in [0, 0.1) is 18.3 Å². The lowest BCUT2D eigenvalue weighted by atomic mass is 9.80. The molecule has 2 unspecified atom stereocenters. The molecule has 0 saturated heterocycles. The summed E-state index contributed by atoms with van der Waals surface area (Å²) in [5.41, 5.74) is 1.39. The lowest BCUT2D eigenvalue weighted by Crippen LogP contribution is -2.46. The maximum atomic E-state index is 12.7. The Bertz CT molecular complexity index is 1860. The number of ether oxygens (including phenoxy) is 3. The van der Waals surface area contributed by atoms with Crippen molar-refractivity contribution < 1.29 is 23.2 Å². The Kier molecular flexibility index (Phi) is 15.8. The first-order valence-corrected chi connectivity index (χ1v) is 22.6. The van der Waals surface area contributed by atoms with Gasteiger partial charge in [0.2, 0.25) is 8.32 Å². The zero-order valence-corrected chi connectivity index (χ0v) is 34.7. The van der Waals surface area contributed by atoms with Gasteiger partial charge in [-0.3, -0.25) is 14.4 Å². The molecule has 290 valence electrons. The standard InChI is InChI=1S/C41H55N4O7PSi/c1-31(2)45(32(3)4)53(51-26-12-24-42)29-52-54(8,27-13-25-44-28-33(5)39(46)43-40(44)47)30-50-41(34-14-10-9-11-15-34,35-16-20-37(48-6)21-17-35)36-18-22-38(49-7)23-19-36/h9-11,14-23,28,31-32H,12-13,25-27,29-30H2,1-8H3,(H,43,46,47). The number of rotatable bonds is 21. The van der Waals surface area contributed by atoms with E-state index in [0.29, 0.717) is 43.8 Å². The molecule has 0 aliphatic heterocycles. The number of nitrogens with zero attached hydrogens (tertiary/aromatic N) is 3. The number of aromatic nitrogens is 2. The van der Waals surface area contributed by atoms with Crippen LogP contribution in [0.5, 0.6) is 11.5 Å². The molecule has 2 atom stereocenters. The van der Waals surface area contributed by atoms with Crippen LogP contribution in [0.3, 0.4) is 0 Å². The van der Waals surface area contributed by atoms with Crippen molar-refractivity contribution in [3.05, 3.63) is 128 Å². The van der Waals surface area contributed by atoms with Crippen molar-refractivity contribution in [1.82, 2.24) is 14.2 Å². The van der Waals surface area contributed by atoms with E-state index in [4.69, 9.17) is 23.2 Å². The van der Waals surface area contributed by atoms with E-state index < -0.39 is 27.9 Å². The Labute approximate surface area is 321 Å². The van der Waals surface area contributed by atoms with Gasteiger partial charge >= 0.3 is 5.69 Å². The molecule has 0 aliphatic carbocycles. The van der Waals surface area contributed by atoms with E-state index in [9.17, 15) is 14.9 Å². The van der Waals surface area contributed by atoms with Crippen LogP contribution in [0.2, 0.25) is 12.6 Å². The number of nitrogens with one attached hydrogen (secondary N) is 1. The van der Waals surface area contributed by atoms with E-state index in [0.717, 1.165) is 28.2 Å². The first-order valence-electron chi connectivity index (χ1n) is 18.4. The number of H-pyrrole nitrogens is 1. The van der Waals surface area contributed by atoms with Gasteiger partial charge in [0.1, 0.15) is 25.4 Å². The van der Waals surface area contributed by atoms with Crippen LogP contribution in [0.1, 0.15) is 62.8 Å². The average molecular weight is 775 g/mol. The fraction of sp³-hybridized carbons (Fsp3) is 0.439. The van der Waals surface area contributed by atoms with Crippen molar-refractivity contribution in [2.75, 3.05) is 33.4 Å². The van der Waals surface area contributed by atoms with Crippen LogP contribution in [0.4, 0.5) is 0 Å². The Hall–Kier alpha value is -4.08. The molecule has 4 aromatic rings. The van der Waals surface area contributed by atoms with Gasteiger partial charge in [0.15, 0.2) is 0 Å². The molecular formula is C41H55N4O7PSi. The highest BCUT2D eigenvalue weighted by Gasteiger charge is 2.42. The Balaban J connectivity index is 1.79. The minimum absolute atomic E-state index is 0.192. The molecule has 54 heavy (non-hydrogen) atoms. The van der Waals surface area contributed by atoms with Crippen LogP contribution in [-0.2, 0) is 25.8 Å². The lowest BCUT2D eigenvalue weighted by molar-refractivity contribution is 0.0320. The summed E-state index contributed by atoms with van der Waals surface area (Å²) in [4.78, 5) is 27.2. The number of aromatic amines is 1. The van der Waals surface area contributed by atoms with Gasteiger partial charge in [0.25, 0.3) is 5.56 Å². The molecule has 1 N–H and O–H groups in total. The molecule has 0 amide bonds. The fourth-order valence-corrected chi connectivity index (χ4v) is 11.8. The van der Waals surface area contributed by atoms with Gasteiger partial charge in [-0.05, 0) is 94.6 Å². The quantitative estimate of drug-likeness (QED) is 0.0392. The highest BCUT2D eigenvalue weighted by Crippen LogP contribution is 2.47. The second-order valence-corrected chi connectivity index (χ2v) is 19.7. The zero-order valence-electron chi connectivity index (χ0n) is 32.8. The number of aryl methyl sites for hydroxylation is 2. The first kappa shape index (κ1) is 42.7. The minimum atomic E-state index is -2.83. The van der Waals surface area contributed by atoms with E-state index in [-0.39, 0.29) is 24.1 Å². The Morgan fingerprint density at radius 1 is 0.889 bits per heavy atom. The molecule has 1 aromatic heterocycles. The number of nitriles is 1. The van der Waals surface area contributed by atoms with Crippen molar-refractivity contribution in [2.45, 2.75) is 84.3 Å². The van der Waals surface area contributed by atoms with Crippen LogP contribution >= 0.6 is 8.30 Å². The van der Waals surface area contributed by atoms with Gasteiger partial charge < -0.3 is 27.7 Å². The maximum Gasteiger partial charge on any atom is 0.328 e. The number of hydrogen-bond donors (Lipinski definition) is 1. The summed E-state index contributed by atoms with van der Waals surface area (Å²) in [7, 11) is -0.750. The fourth-order valence-electron chi connectivity index (χ4n) is 6.62. The minimum Gasteiger partial charge on any atom is -0.497 e. The summed E-state index contributed by atoms with van der Waals surface area (Å²) in [6.45, 7) is 13.2. The van der Waals surface area contributed by atoms with Crippen molar-refractivity contribution in [1.29, 1.82) is 5.26 Å². The Morgan fingerprint density at radius 2 is 1.44 bits per heavy atom. The van der Waals surface area contributed by atoms with Gasteiger partial charge in [0, 0.05) is 30.4 Å². The molecule has 0 spiro atoms. The molecular weight excluding hydrogens is 720 g/mol. The van der Waals surface area contributed by atoms with E-state index >= 15 is 0 Å². The average Bonchev–Trinajstić information content (AvgIpc) is 3.16. The maximum absolute atomic E-state index is 12.7. The van der Waals surface area contributed by atoms with Gasteiger partial charge in [-0.2, -0.15) is 5.26 Å². The molecule has 11 nitrogen and oxygen atoms in total. The van der Waals surface area contributed by atoms with Crippen molar-refractivity contribution in [3.8, 4) is 17.6 Å². The molecule has 13 heteroatoms. The molecule has 0 fully saturated rings. The van der Waals surface area contributed by atoms with Crippen LogP contribution in [0.25, 0.3) is 0 Å². The van der Waals surface area contributed by atoms with Crippen LogP contribution in [-0.4, -0.2) is 68.0 Å². The summed E-state index contributed by atoms with van der Waals surface area (Å²) < 4.78 is 35.8. The third kappa shape index (κ3) is 10.8. The molecule has 3 aromatic carbocycles. The number of hydrogen-bond acceptors (Lipinski definition) is 9. The van der Waals surface area contributed by atoms with Crippen LogP contribution < -0.4 is 20.7 Å². The molecule has 4 rings (SSSR count). The van der Waals surface area contributed by atoms with Crippen LogP contribution in [0.15, 0.2) is 94.6 Å². The monoisotopic (exact) mass is 774 g/mol. The predicted octanol–water partition coefficient (Wildman–Crippen LogP) is 7.71. The smallest absolute Gasteiger partial charge is 0.328 e. The summed E-state index contributed by atoms with van der Waals surface area (Å²) in [6, 6.07) is 29.3. The van der Waals surface area contributed by atoms with Gasteiger partial charge in [0.05, 0.1) is 45.9 Å². The molecule has 1 heterocycles. The topological polar surface area (TPSA) is 128 Å². The highest BCUT2D eigenvalue weighted by molar-refractivity contribution is 7.49. The van der Waals surface area contributed by atoms with Gasteiger partial charge in [-0.15, -0.1) is 0 Å². The van der Waals surface area contributed by atoms with Gasteiger partial charge in [-0.1, -0.05) is 54.6 Å². The van der Waals surface area contributed by atoms with E-state index in [1.807, 2.05) is 66.7 Å². The molecule has 0 aliphatic rings. The number of methoxy groups -OCH3 is 2. The summed E-state index contributed by atoms with van der Waals surface area (Å²) in [5.74, 6) is 1.46. The zero-order chi connectivity index (χ0) is 39.3. The molecule has 0 radical (unpaired) electrons. The first-order chi connectivity index (χ1) is 25.9. The number of benzene rings is 3. The second-order valence-electron chi connectivity index (χ2n) is 14.0. The van der Waals surface area contributed by atoms with Gasteiger partial charge in [-0.25, -0.2) is 4.79 Å². The van der Waals surface area contributed by atoms with Crippen molar-refractivity contribution in [2.24, 2.45) is 0 Å². The van der Waals surface area contributed by atoms with E-state index in [1.165, 1.54) is 0 Å². The SMILES string of the molecule is COc1ccc(C(OC[Si](C)(CCCn2cc(C)c(=O)[nH]c2=O)OCP(OCCC#N)N(C(C)C)C(C)C)(c2ccccc2)c2ccc(OC)cc2)cc1. The Morgan fingerprint density at radius 3 is 1.96 bits per heavy atom. The lowest BCUT2D eigenvalue weighted by Gasteiger charge is -2.41. The van der Waals surface area contributed by atoms with E-state index in [2.05, 4.69) is 62.1 Å². The third-order valence-corrected chi connectivity index (χ3v) is 14.9. The van der Waals surface area contributed by atoms with Crippen molar-refractivity contribution >= 4 is 16.6 Å². The van der Waals surface area contributed by atoms with Crippen molar-refractivity contribution in [3.63, 3.8) is 0 Å².